The molecule has 0 spiro atoms. The van der Waals surface area contributed by atoms with E-state index >= 15 is 0 Å². The zero-order valence-electron chi connectivity index (χ0n) is 13.1. The summed E-state index contributed by atoms with van der Waals surface area (Å²) in [6.45, 7) is 0.637. The maximum atomic E-state index is 10.6. The highest BCUT2D eigenvalue weighted by molar-refractivity contribution is 5.83. The summed E-state index contributed by atoms with van der Waals surface area (Å²) < 4.78 is 1.74. The largest absolute Gasteiger partial charge is 0.382 e. The molecule has 0 saturated heterocycles. The molecule has 1 N–H and O–H groups in total. The topological polar surface area (TPSA) is 50.9 Å². The van der Waals surface area contributed by atoms with E-state index in [0.29, 0.717) is 12.2 Å². The van der Waals surface area contributed by atoms with Gasteiger partial charge in [-0.25, -0.2) is 4.68 Å². The summed E-state index contributed by atoms with van der Waals surface area (Å²) in [6, 6.07) is 24.1. The molecule has 0 radical (unpaired) electrons. The lowest BCUT2D eigenvalue weighted by Crippen LogP contribution is -2.01. The summed E-state index contributed by atoms with van der Waals surface area (Å²) in [7, 11) is 0. The minimum atomic E-state index is -0.779. The van der Waals surface area contributed by atoms with Crippen molar-refractivity contribution in [2.45, 2.75) is 12.6 Å². The highest BCUT2D eigenvalue weighted by Gasteiger charge is 2.15. The molecule has 0 aliphatic heterocycles. The van der Waals surface area contributed by atoms with Crippen LogP contribution in [-0.2, 0) is 6.54 Å². The number of aliphatic hydroxyl groups excluding tert-OH is 1. The predicted molar refractivity (Wildman–Crippen MR) is 93.6 cm³/mol. The quantitative estimate of drug-likeness (QED) is 0.626. The lowest BCUT2D eigenvalue weighted by atomic mass is 10.0. The van der Waals surface area contributed by atoms with Crippen LogP contribution in [0.1, 0.15) is 22.9 Å². The number of hydrogen-bond donors (Lipinski definition) is 1. The van der Waals surface area contributed by atoms with Crippen molar-refractivity contribution in [1.82, 2.24) is 15.0 Å². The molecule has 0 saturated carbocycles. The molecule has 1 aromatic heterocycles. The molecule has 4 rings (SSSR count). The first-order chi connectivity index (χ1) is 11.8. The Balaban J connectivity index is 1.58. The van der Waals surface area contributed by atoms with Gasteiger partial charge in [-0.2, -0.15) is 0 Å². The van der Waals surface area contributed by atoms with Crippen LogP contribution in [0.5, 0.6) is 0 Å². The number of aliphatic hydroxyl groups is 1. The highest BCUT2D eigenvalue weighted by Crippen LogP contribution is 2.24. The molecule has 4 aromatic rings. The molecule has 1 unspecified atom stereocenters. The fraction of sp³-hybridized carbons (Fsp3) is 0.100. The fourth-order valence-corrected chi connectivity index (χ4v) is 2.84. The molecule has 4 nitrogen and oxygen atoms in total. The van der Waals surface area contributed by atoms with Crippen LogP contribution in [0.15, 0.2) is 79.0 Å². The molecule has 118 valence electrons. The van der Waals surface area contributed by atoms with Gasteiger partial charge in [0.15, 0.2) is 0 Å². The normalized spacial score (nSPS) is 12.4. The van der Waals surface area contributed by atoms with E-state index in [0.717, 1.165) is 21.9 Å². The Labute approximate surface area is 140 Å². The summed E-state index contributed by atoms with van der Waals surface area (Å²) in [5.74, 6) is 0. The SMILES string of the molecule is OC(c1ccc2ccccc2c1)c1cn(Cc2ccccc2)nn1. The molecule has 0 aliphatic carbocycles. The zero-order chi connectivity index (χ0) is 16.4. The number of benzene rings is 3. The van der Waals surface area contributed by atoms with Gasteiger partial charge in [0.05, 0.1) is 12.7 Å². The molecule has 0 bridgehead atoms. The molecule has 3 aromatic carbocycles. The first kappa shape index (κ1) is 14.6. The van der Waals surface area contributed by atoms with Gasteiger partial charge in [-0.3, -0.25) is 0 Å². The minimum Gasteiger partial charge on any atom is -0.382 e. The van der Waals surface area contributed by atoms with Crippen molar-refractivity contribution in [2.75, 3.05) is 0 Å². The monoisotopic (exact) mass is 315 g/mol. The van der Waals surface area contributed by atoms with Gasteiger partial charge in [-0.1, -0.05) is 71.9 Å². The molecule has 0 aliphatic rings. The molecule has 0 amide bonds. The van der Waals surface area contributed by atoms with Gasteiger partial charge in [0.2, 0.25) is 0 Å². The van der Waals surface area contributed by atoms with Crippen molar-refractivity contribution in [3.05, 3.63) is 95.8 Å². The number of rotatable bonds is 4. The second-order valence-electron chi connectivity index (χ2n) is 5.84. The van der Waals surface area contributed by atoms with E-state index in [9.17, 15) is 5.11 Å². The Morgan fingerprint density at radius 2 is 1.62 bits per heavy atom. The van der Waals surface area contributed by atoms with Crippen LogP contribution in [0.3, 0.4) is 0 Å². The van der Waals surface area contributed by atoms with Crippen LogP contribution < -0.4 is 0 Å². The summed E-state index contributed by atoms with van der Waals surface area (Å²) in [6.07, 6.45) is 1.02. The fourth-order valence-electron chi connectivity index (χ4n) is 2.84. The minimum absolute atomic E-state index is 0.557. The standard InChI is InChI=1S/C20H17N3O/c24-20(18-11-10-16-8-4-5-9-17(16)12-18)19-14-23(22-21-19)13-15-6-2-1-3-7-15/h1-12,14,20,24H,13H2. The number of hydrogen-bond acceptors (Lipinski definition) is 3. The van der Waals surface area contributed by atoms with Crippen LogP contribution in [-0.4, -0.2) is 20.1 Å². The van der Waals surface area contributed by atoms with Crippen molar-refractivity contribution in [3.63, 3.8) is 0 Å². The lowest BCUT2D eigenvalue weighted by Gasteiger charge is -2.09. The number of nitrogens with zero attached hydrogens (tertiary/aromatic N) is 3. The Morgan fingerprint density at radius 3 is 2.46 bits per heavy atom. The van der Waals surface area contributed by atoms with Gasteiger partial charge < -0.3 is 5.11 Å². The molecular formula is C20H17N3O. The third-order valence-corrected chi connectivity index (χ3v) is 4.11. The second kappa shape index (κ2) is 6.26. The average Bonchev–Trinajstić information content (AvgIpc) is 3.10. The highest BCUT2D eigenvalue weighted by atomic mass is 16.3. The van der Waals surface area contributed by atoms with Crippen LogP contribution in [0.25, 0.3) is 10.8 Å². The third-order valence-electron chi connectivity index (χ3n) is 4.11. The van der Waals surface area contributed by atoms with E-state index < -0.39 is 6.10 Å². The Hall–Kier alpha value is -2.98. The van der Waals surface area contributed by atoms with Gasteiger partial charge in [0, 0.05) is 0 Å². The molecular weight excluding hydrogens is 298 g/mol. The van der Waals surface area contributed by atoms with Crippen molar-refractivity contribution in [3.8, 4) is 0 Å². The van der Waals surface area contributed by atoms with Gasteiger partial charge in [-0.05, 0) is 28.0 Å². The maximum absolute atomic E-state index is 10.6. The van der Waals surface area contributed by atoms with Gasteiger partial charge in [0.25, 0.3) is 0 Å². The Bertz CT molecular complexity index is 963. The lowest BCUT2D eigenvalue weighted by molar-refractivity contribution is 0.215. The number of fused-ring (bicyclic) bond motifs is 1. The van der Waals surface area contributed by atoms with Crippen molar-refractivity contribution < 1.29 is 5.11 Å². The van der Waals surface area contributed by atoms with Crippen LogP contribution in [0.2, 0.25) is 0 Å². The Kier molecular flexibility index (Phi) is 3.81. The molecule has 1 atom stereocenters. The zero-order valence-corrected chi connectivity index (χ0v) is 13.1. The van der Waals surface area contributed by atoms with E-state index in [-0.39, 0.29) is 0 Å². The van der Waals surface area contributed by atoms with Crippen molar-refractivity contribution in [1.29, 1.82) is 0 Å². The summed E-state index contributed by atoms with van der Waals surface area (Å²) >= 11 is 0. The third kappa shape index (κ3) is 2.92. The smallest absolute Gasteiger partial charge is 0.124 e. The van der Waals surface area contributed by atoms with E-state index in [1.54, 1.807) is 10.9 Å². The number of aromatic nitrogens is 3. The summed E-state index contributed by atoms with van der Waals surface area (Å²) in [5, 5.41) is 21.1. The van der Waals surface area contributed by atoms with Gasteiger partial charge in [0.1, 0.15) is 11.8 Å². The van der Waals surface area contributed by atoms with E-state index in [2.05, 4.69) is 16.4 Å². The summed E-state index contributed by atoms with van der Waals surface area (Å²) in [4.78, 5) is 0. The van der Waals surface area contributed by atoms with Crippen LogP contribution in [0, 0.1) is 0 Å². The van der Waals surface area contributed by atoms with Crippen LogP contribution >= 0.6 is 0 Å². The second-order valence-corrected chi connectivity index (χ2v) is 5.84. The van der Waals surface area contributed by atoms with Crippen LogP contribution in [0.4, 0.5) is 0 Å². The molecule has 0 fully saturated rings. The average molecular weight is 315 g/mol. The molecule has 4 heteroatoms. The van der Waals surface area contributed by atoms with E-state index in [1.165, 1.54) is 0 Å². The molecule has 1 heterocycles. The maximum Gasteiger partial charge on any atom is 0.124 e. The Morgan fingerprint density at radius 1 is 0.875 bits per heavy atom. The van der Waals surface area contributed by atoms with Crippen molar-refractivity contribution >= 4 is 10.8 Å². The van der Waals surface area contributed by atoms with Crippen molar-refractivity contribution in [2.24, 2.45) is 0 Å². The predicted octanol–water partition coefficient (Wildman–Crippen LogP) is 3.56. The van der Waals surface area contributed by atoms with E-state index in [1.807, 2.05) is 66.7 Å². The summed E-state index contributed by atoms with van der Waals surface area (Å²) in [5.41, 5.74) is 2.52. The van der Waals surface area contributed by atoms with E-state index in [4.69, 9.17) is 0 Å². The molecule has 24 heavy (non-hydrogen) atoms. The first-order valence-electron chi connectivity index (χ1n) is 7.90. The van der Waals surface area contributed by atoms with Gasteiger partial charge in [-0.15, -0.1) is 5.10 Å². The van der Waals surface area contributed by atoms with Gasteiger partial charge >= 0.3 is 0 Å². The first-order valence-corrected chi connectivity index (χ1v) is 7.90.